The van der Waals surface area contributed by atoms with E-state index in [4.69, 9.17) is 14.7 Å². The largest absolute Gasteiger partial charge is 0.494 e. The SMILES string of the molecule is COCCN(CCCOc1cccc(C#N)c1)C1CC1. The third-order valence-corrected chi connectivity index (χ3v) is 3.47. The molecule has 0 saturated heterocycles. The third kappa shape index (κ3) is 4.84. The molecule has 4 nitrogen and oxygen atoms in total. The monoisotopic (exact) mass is 274 g/mol. The van der Waals surface area contributed by atoms with Crippen LogP contribution in [0.5, 0.6) is 5.75 Å². The molecule has 0 heterocycles. The zero-order chi connectivity index (χ0) is 14.2. The normalized spacial score (nSPS) is 14.2. The molecular formula is C16H22N2O2. The molecule has 0 bridgehead atoms. The zero-order valence-electron chi connectivity index (χ0n) is 12.0. The number of benzene rings is 1. The average Bonchev–Trinajstić information content (AvgIpc) is 3.31. The Morgan fingerprint density at radius 2 is 2.15 bits per heavy atom. The molecule has 1 aliphatic rings. The Hall–Kier alpha value is -1.57. The van der Waals surface area contributed by atoms with Crippen molar-refractivity contribution < 1.29 is 9.47 Å². The number of rotatable bonds is 9. The molecule has 0 spiro atoms. The van der Waals surface area contributed by atoms with Gasteiger partial charge in [0.25, 0.3) is 0 Å². The summed E-state index contributed by atoms with van der Waals surface area (Å²) in [5, 5.41) is 8.83. The molecule has 0 amide bonds. The van der Waals surface area contributed by atoms with Crippen LogP contribution >= 0.6 is 0 Å². The lowest BCUT2D eigenvalue weighted by atomic mass is 10.2. The van der Waals surface area contributed by atoms with Crippen LogP contribution in [0.3, 0.4) is 0 Å². The molecule has 1 aromatic rings. The van der Waals surface area contributed by atoms with Gasteiger partial charge in [0.1, 0.15) is 5.75 Å². The molecule has 0 unspecified atom stereocenters. The molecule has 20 heavy (non-hydrogen) atoms. The molecule has 0 N–H and O–H groups in total. The number of nitriles is 1. The molecule has 0 atom stereocenters. The van der Waals surface area contributed by atoms with Gasteiger partial charge >= 0.3 is 0 Å². The van der Waals surface area contributed by atoms with Gasteiger partial charge < -0.3 is 9.47 Å². The second-order valence-corrected chi connectivity index (χ2v) is 5.10. The molecule has 108 valence electrons. The third-order valence-electron chi connectivity index (χ3n) is 3.47. The molecule has 1 aliphatic carbocycles. The van der Waals surface area contributed by atoms with Crippen LogP contribution in [-0.4, -0.2) is 44.4 Å². The molecule has 0 aromatic heterocycles. The molecular weight excluding hydrogens is 252 g/mol. The van der Waals surface area contributed by atoms with Gasteiger partial charge in [0, 0.05) is 26.2 Å². The first-order valence-corrected chi connectivity index (χ1v) is 7.19. The van der Waals surface area contributed by atoms with Crippen molar-refractivity contribution in [1.82, 2.24) is 4.90 Å². The van der Waals surface area contributed by atoms with Gasteiger partial charge in [-0.05, 0) is 37.5 Å². The first-order chi connectivity index (χ1) is 9.83. The first kappa shape index (κ1) is 14.8. The highest BCUT2D eigenvalue weighted by atomic mass is 16.5. The molecule has 0 aliphatic heterocycles. The fourth-order valence-electron chi connectivity index (χ4n) is 2.24. The van der Waals surface area contributed by atoms with Crippen molar-refractivity contribution in [1.29, 1.82) is 5.26 Å². The van der Waals surface area contributed by atoms with E-state index in [9.17, 15) is 0 Å². The van der Waals surface area contributed by atoms with Crippen LogP contribution in [0.2, 0.25) is 0 Å². The van der Waals surface area contributed by atoms with Crippen LogP contribution in [0.1, 0.15) is 24.8 Å². The molecule has 4 heteroatoms. The Labute approximate surface area is 120 Å². The highest BCUT2D eigenvalue weighted by molar-refractivity contribution is 5.36. The van der Waals surface area contributed by atoms with Crippen LogP contribution in [-0.2, 0) is 4.74 Å². The maximum atomic E-state index is 8.83. The van der Waals surface area contributed by atoms with Crippen LogP contribution in [0, 0.1) is 11.3 Å². The van der Waals surface area contributed by atoms with E-state index in [2.05, 4.69) is 11.0 Å². The zero-order valence-corrected chi connectivity index (χ0v) is 12.0. The summed E-state index contributed by atoms with van der Waals surface area (Å²) in [5.41, 5.74) is 0.641. The lowest BCUT2D eigenvalue weighted by Crippen LogP contribution is -2.31. The van der Waals surface area contributed by atoms with Crippen molar-refractivity contribution in [2.45, 2.75) is 25.3 Å². The quantitative estimate of drug-likeness (QED) is 0.649. The van der Waals surface area contributed by atoms with Gasteiger partial charge in [-0.3, -0.25) is 4.90 Å². The van der Waals surface area contributed by atoms with Crippen molar-refractivity contribution in [3.8, 4) is 11.8 Å². The predicted octanol–water partition coefficient (Wildman–Crippen LogP) is 2.44. The minimum atomic E-state index is 0.641. The van der Waals surface area contributed by atoms with Gasteiger partial charge in [-0.15, -0.1) is 0 Å². The summed E-state index contributed by atoms with van der Waals surface area (Å²) in [6.07, 6.45) is 3.63. The molecule has 0 radical (unpaired) electrons. The van der Waals surface area contributed by atoms with Gasteiger partial charge in [-0.25, -0.2) is 0 Å². The maximum Gasteiger partial charge on any atom is 0.120 e. The van der Waals surface area contributed by atoms with E-state index in [0.29, 0.717) is 12.2 Å². The second-order valence-electron chi connectivity index (χ2n) is 5.10. The van der Waals surface area contributed by atoms with E-state index in [1.54, 1.807) is 19.2 Å². The van der Waals surface area contributed by atoms with Gasteiger partial charge in [0.05, 0.1) is 24.8 Å². The number of methoxy groups -OCH3 is 1. The lowest BCUT2D eigenvalue weighted by molar-refractivity contribution is 0.138. The Balaban J connectivity index is 1.68. The van der Waals surface area contributed by atoms with Crippen molar-refractivity contribution in [2.24, 2.45) is 0 Å². The van der Waals surface area contributed by atoms with Gasteiger partial charge in [-0.2, -0.15) is 5.26 Å². The van der Waals surface area contributed by atoms with Crippen molar-refractivity contribution in [2.75, 3.05) is 33.4 Å². The number of hydrogen-bond acceptors (Lipinski definition) is 4. The van der Waals surface area contributed by atoms with Crippen molar-refractivity contribution >= 4 is 0 Å². The van der Waals surface area contributed by atoms with E-state index in [1.165, 1.54) is 12.8 Å². The molecule has 2 rings (SSSR count). The van der Waals surface area contributed by atoms with Gasteiger partial charge in [0.15, 0.2) is 0 Å². The average molecular weight is 274 g/mol. The topological polar surface area (TPSA) is 45.5 Å². The number of ether oxygens (including phenoxy) is 2. The second kappa shape index (κ2) is 7.88. The fraction of sp³-hybridized carbons (Fsp3) is 0.562. The highest BCUT2D eigenvalue weighted by Crippen LogP contribution is 2.26. The Morgan fingerprint density at radius 1 is 1.30 bits per heavy atom. The summed E-state index contributed by atoms with van der Waals surface area (Å²) < 4.78 is 10.8. The summed E-state index contributed by atoms with van der Waals surface area (Å²) in [4.78, 5) is 2.48. The minimum absolute atomic E-state index is 0.641. The van der Waals surface area contributed by atoms with E-state index >= 15 is 0 Å². The van der Waals surface area contributed by atoms with E-state index in [-0.39, 0.29) is 0 Å². The highest BCUT2D eigenvalue weighted by Gasteiger charge is 2.27. The first-order valence-electron chi connectivity index (χ1n) is 7.19. The number of nitrogens with zero attached hydrogens (tertiary/aromatic N) is 2. The van der Waals surface area contributed by atoms with Crippen molar-refractivity contribution in [3.63, 3.8) is 0 Å². The van der Waals surface area contributed by atoms with E-state index in [1.807, 2.05) is 12.1 Å². The van der Waals surface area contributed by atoms with E-state index < -0.39 is 0 Å². The summed E-state index contributed by atoms with van der Waals surface area (Å²) in [7, 11) is 1.75. The van der Waals surface area contributed by atoms with Crippen molar-refractivity contribution in [3.05, 3.63) is 29.8 Å². The fourth-order valence-corrected chi connectivity index (χ4v) is 2.24. The smallest absolute Gasteiger partial charge is 0.120 e. The van der Waals surface area contributed by atoms with Gasteiger partial charge in [-0.1, -0.05) is 6.07 Å². The van der Waals surface area contributed by atoms with Gasteiger partial charge in [0.2, 0.25) is 0 Å². The standard InChI is InChI=1S/C16H22N2O2/c1-19-11-9-18(15-6-7-15)8-3-10-20-16-5-2-4-14(12-16)13-17/h2,4-5,12,15H,3,6-11H2,1H3. The lowest BCUT2D eigenvalue weighted by Gasteiger charge is -2.21. The Bertz CT molecular complexity index is 452. The van der Waals surface area contributed by atoms with Crippen LogP contribution in [0.15, 0.2) is 24.3 Å². The molecule has 1 saturated carbocycles. The molecule has 1 fully saturated rings. The summed E-state index contributed by atoms with van der Waals surface area (Å²) in [6.45, 7) is 3.53. The summed E-state index contributed by atoms with van der Waals surface area (Å²) in [6, 6.07) is 10.2. The Kier molecular flexibility index (Phi) is 5.85. The van der Waals surface area contributed by atoms with Crippen LogP contribution in [0.4, 0.5) is 0 Å². The number of hydrogen-bond donors (Lipinski definition) is 0. The van der Waals surface area contributed by atoms with Crippen LogP contribution in [0.25, 0.3) is 0 Å². The molecule has 1 aromatic carbocycles. The minimum Gasteiger partial charge on any atom is -0.494 e. The Morgan fingerprint density at radius 3 is 2.85 bits per heavy atom. The van der Waals surface area contributed by atoms with Crippen LogP contribution < -0.4 is 4.74 Å². The maximum absolute atomic E-state index is 8.83. The predicted molar refractivity (Wildman–Crippen MR) is 77.7 cm³/mol. The summed E-state index contributed by atoms with van der Waals surface area (Å²) in [5.74, 6) is 0.777. The summed E-state index contributed by atoms with van der Waals surface area (Å²) >= 11 is 0. The van der Waals surface area contributed by atoms with E-state index in [0.717, 1.165) is 37.9 Å².